The van der Waals surface area contributed by atoms with Gasteiger partial charge in [0.25, 0.3) is 0 Å². The maximum absolute atomic E-state index is 14.2. The first-order chi connectivity index (χ1) is 12.6. The van der Waals surface area contributed by atoms with Crippen molar-refractivity contribution in [1.29, 1.82) is 0 Å². The molecule has 1 aliphatic heterocycles. The van der Waals surface area contributed by atoms with E-state index >= 15 is 0 Å². The molecule has 3 aromatic rings. The highest BCUT2D eigenvalue weighted by molar-refractivity contribution is 5.39. The first-order valence-corrected chi connectivity index (χ1v) is 8.64. The summed E-state index contributed by atoms with van der Waals surface area (Å²) in [5.74, 6) is -0.904. The van der Waals surface area contributed by atoms with Gasteiger partial charge in [-0.15, -0.1) is 0 Å². The Morgan fingerprint density at radius 2 is 2.15 bits per heavy atom. The van der Waals surface area contributed by atoms with E-state index in [0.717, 1.165) is 37.0 Å². The van der Waals surface area contributed by atoms with Gasteiger partial charge in [0.15, 0.2) is 0 Å². The minimum atomic E-state index is -0.557. The fourth-order valence-electron chi connectivity index (χ4n) is 3.63. The largest absolute Gasteiger partial charge is 0.303 e. The van der Waals surface area contributed by atoms with E-state index in [1.807, 2.05) is 37.6 Å². The summed E-state index contributed by atoms with van der Waals surface area (Å²) < 4.78 is 29.4. The van der Waals surface area contributed by atoms with Crippen LogP contribution in [0.2, 0.25) is 0 Å². The average molecular weight is 357 g/mol. The van der Waals surface area contributed by atoms with Gasteiger partial charge in [0.1, 0.15) is 17.3 Å². The quantitative estimate of drug-likeness (QED) is 0.737. The van der Waals surface area contributed by atoms with E-state index in [1.54, 1.807) is 0 Å². The highest BCUT2D eigenvalue weighted by Gasteiger charge is 2.31. The van der Waals surface area contributed by atoms with E-state index in [-0.39, 0.29) is 12.0 Å². The Morgan fingerprint density at radius 1 is 1.27 bits per heavy atom. The number of imidazole rings is 1. The minimum Gasteiger partial charge on any atom is -0.303 e. The third-order valence-corrected chi connectivity index (χ3v) is 4.86. The van der Waals surface area contributed by atoms with E-state index < -0.39 is 11.6 Å². The van der Waals surface area contributed by atoms with Crippen molar-refractivity contribution < 1.29 is 8.78 Å². The van der Waals surface area contributed by atoms with Crippen LogP contribution in [0.3, 0.4) is 0 Å². The number of pyridine rings is 1. The molecule has 1 aliphatic rings. The topological polar surface area (TPSA) is 44.6 Å². The summed E-state index contributed by atoms with van der Waals surface area (Å²) >= 11 is 0. The molecule has 2 atom stereocenters. The lowest BCUT2D eigenvalue weighted by Gasteiger charge is -2.25. The van der Waals surface area contributed by atoms with Crippen LogP contribution in [0.15, 0.2) is 48.8 Å². The van der Waals surface area contributed by atoms with Crippen LogP contribution < -0.4 is 10.9 Å². The number of hydrazine groups is 1. The van der Waals surface area contributed by atoms with E-state index in [9.17, 15) is 8.78 Å². The fraction of sp³-hybridized carbons (Fsp3) is 0.316. The summed E-state index contributed by atoms with van der Waals surface area (Å²) in [5, 5.41) is 0. The Bertz CT molecular complexity index is 910. The number of rotatable bonds is 5. The molecule has 26 heavy (non-hydrogen) atoms. The third-order valence-electron chi connectivity index (χ3n) is 4.86. The number of nitrogens with one attached hydrogen (secondary N) is 2. The zero-order valence-corrected chi connectivity index (χ0v) is 14.5. The minimum absolute atomic E-state index is 0.166. The molecule has 1 fully saturated rings. The summed E-state index contributed by atoms with van der Waals surface area (Å²) in [6.07, 6.45) is 3.88. The Labute approximate surface area is 150 Å². The Hall–Kier alpha value is -2.35. The maximum atomic E-state index is 14.2. The van der Waals surface area contributed by atoms with Gasteiger partial charge in [0.2, 0.25) is 0 Å². The maximum Gasteiger partial charge on any atom is 0.136 e. The number of hydrogen-bond donors (Lipinski definition) is 2. The molecule has 1 aromatic carbocycles. The monoisotopic (exact) mass is 357 g/mol. The summed E-state index contributed by atoms with van der Waals surface area (Å²) in [6, 6.07) is 9.49. The molecule has 2 N–H and O–H groups in total. The molecule has 0 spiro atoms. The number of hydrogen-bond acceptors (Lipinski definition) is 4. The van der Waals surface area contributed by atoms with Gasteiger partial charge in [-0.3, -0.25) is 5.43 Å². The van der Waals surface area contributed by atoms with Gasteiger partial charge in [-0.05, 0) is 25.2 Å². The predicted octanol–water partition coefficient (Wildman–Crippen LogP) is 2.51. The second kappa shape index (κ2) is 7.11. The number of nitrogens with zero attached hydrogens (tertiary/aromatic N) is 3. The van der Waals surface area contributed by atoms with Crippen LogP contribution >= 0.6 is 0 Å². The standard InChI is InChI=1S/C19H21F2N5/c1-25(12-15-10-22-18-4-2-3-7-26(15)18)11-13-9-23-24-19(13)16-6-5-14(20)8-17(16)21/h2-8,10,13,19,23-24H,9,11-12H2,1H3. The number of fused-ring (bicyclic) bond motifs is 1. The van der Waals surface area contributed by atoms with Gasteiger partial charge in [-0.25, -0.2) is 19.2 Å². The molecular formula is C19H21F2N5. The Morgan fingerprint density at radius 3 is 3.00 bits per heavy atom. The SMILES string of the molecule is CN(Cc1cnc2ccccn12)CC1CNNC1c1ccc(F)cc1F. The predicted molar refractivity (Wildman–Crippen MR) is 95.3 cm³/mol. The molecule has 0 amide bonds. The van der Waals surface area contributed by atoms with E-state index in [0.29, 0.717) is 5.56 Å². The second-order valence-corrected chi connectivity index (χ2v) is 6.80. The molecule has 3 heterocycles. The molecule has 0 aliphatic carbocycles. The number of aromatic nitrogens is 2. The van der Waals surface area contributed by atoms with Crippen LogP contribution in [0.5, 0.6) is 0 Å². The van der Waals surface area contributed by atoms with Crippen molar-refractivity contribution in [1.82, 2.24) is 25.1 Å². The second-order valence-electron chi connectivity index (χ2n) is 6.80. The van der Waals surface area contributed by atoms with Gasteiger partial charge in [0, 0.05) is 43.4 Å². The summed E-state index contributed by atoms with van der Waals surface area (Å²) in [6.45, 7) is 2.22. The Kier molecular flexibility index (Phi) is 4.67. The van der Waals surface area contributed by atoms with Crippen LogP contribution in [0, 0.1) is 17.6 Å². The molecule has 2 unspecified atom stereocenters. The first-order valence-electron chi connectivity index (χ1n) is 8.64. The molecular weight excluding hydrogens is 336 g/mol. The van der Waals surface area contributed by atoms with E-state index in [1.165, 1.54) is 12.1 Å². The normalized spacial score (nSPS) is 20.3. The van der Waals surface area contributed by atoms with Gasteiger partial charge in [0.05, 0.1) is 17.9 Å². The van der Waals surface area contributed by atoms with Crippen molar-refractivity contribution in [3.63, 3.8) is 0 Å². The van der Waals surface area contributed by atoms with Crippen molar-refractivity contribution in [2.24, 2.45) is 5.92 Å². The summed E-state index contributed by atoms with van der Waals surface area (Å²) in [4.78, 5) is 6.61. The Balaban J connectivity index is 1.47. The van der Waals surface area contributed by atoms with Gasteiger partial charge in [-0.2, -0.15) is 0 Å². The van der Waals surface area contributed by atoms with Crippen molar-refractivity contribution in [3.05, 3.63) is 71.7 Å². The first kappa shape index (κ1) is 17.1. The number of benzene rings is 1. The molecule has 1 saturated heterocycles. The zero-order valence-electron chi connectivity index (χ0n) is 14.5. The van der Waals surface area contributed by atoms with Crippen molar-refractivity contribution in [2.75, 3.05) is 20.1 Å². The fourth-order valence-corrected chi connectivity index (χ4v) is 3.63. The molecule has 0 bridgehead atoms. The molecule has 0 saturated carbocycles. The van der Waals surface area contributed by atoms with E-state index in [4.69, 9.17) is 0 Å². The number of halogens is 2. The van der Waals surface area contributed by atoms with Crippen LogP contribution in [0.4, 0.5) is 8.78 Å². The van der Waals surface area contributed by atoms with Crippen LogP contribution in [-0.2, 0) is 6.54 Å². The molecule has 7 heteroatoms. The molecule has 5 nitrogen and oxygen atoms in total. The summed E-state index contributed by atoms with van der Waals surface area (Å²) in [7, 11) is 2.04. The van der Waals surface area contributed by atoms with Gasteiger partial charge < -0.3 is 9.30 Å². The highest BCUT2D eigenvalue weighted by Crippen LogP contribution is 2.28. The molecule has 4 rings (SSSR count). The van der Waals surface area contributed by atoms with Crippen molar-refractivity contribution >= 4 is 5.65 Å². The molecule has 136 valence electrons. The summed E-state index contributed by atoms with van der Waals surface area (Å²) in [5.41, 5.74) is 8.74. The van der Waals surface area contributed by atoms with E-state index in [2.05, 4.69) is 25.1 Å². The average Bonchev–Trinajstić information content (AvgIpc) is 3.23. The molecule has 0 radical (unpaired) electrons. The van der Waals surface area contributed by atoms with Crippen LogP contribution in [0.1, 0.15) is 17.3 Å². The van der Waals surface area contributed by atoms with Crippen molar-refractivity contribution in [2.45, 2.75) is 12.6 Å². The lowest BCUT2D eigenvalue weighted by molar-refractivity contribution is 0.257. The lowest BCUT2D eigenvalue weighted by atomic mass is 9.94. The van der Waals surface area contributed by atoms with Gasteiger partial charge in [-0.1, -0.05) is 12.1 Å². The zero-order chi connectivity index (χ0) is 18.1. The lowest BCUT2D eigenvalue weighted by Crippen LogP contribution is -2.31. The van der Waals surface area contributed by atoms with Crippen molar-refractivity contribution in [3.8, 4) is 0 Å². The van der Waals surface area contributed by atoms with Crippen LogP contribution in [-0.4, -0.2) is 34.4 Å². The third kappa shape index (κ3) is 3.33. The highest BCUT2D eigenvalue weighted by atomic mass is 19.1. The van der Waals surface area contributed by atoms with Gasteiger partial charge >= 0.3 is 0 Å². The molecule has 2 aromatic heterocycles. The van der Waals surface area contributed by atoms with Crippen LogP contribution in [0.25, 0.3) is 5.65 Å². The smallest absolute Gasteiger partial charge is 0.136 e.